The van der Waals surface area contributed by atoms with Gasteiger partial charge in [-0.2, -0.15) is 4.98 Å². The molecule has 0 radical (unpaired) electrons. The number of nitrogens with two attached hydrogens (primary N) is 1. The van der Waals surface area contributed by atoms with Gasteiger partial charge in [0.25, 0.3) is 0 Å². The van der Waals surface area contributed by atoms with E-state index < -0.39 is 6.04 Å². The molecule has 18 heavy (non-hydrogen) atoms. The van der Waals surface area contributed by atoms with Crippen molar-refractivity contribution in [1.82, 2.24) is 10.1 Å². The van der Waals surface area contributed by atoms with Crippen molar-refractivity contribution in [2.24, 2.45) is 5.73 Å². The summed E-state index contributed by atoms with van der Waals surface area (Å²) < 4.78 is 19.5. The van der Waals surface area contributed by atoms with Crippen molar-refractivity contribution in [3.05, 3.63) is 45.8 Å². The van der Waals surface area contributed by atoms with Crippen LogP contribution in [0.15, 0.2) is 27.2 Å². The highest BCUT2D eigenvalue weighted by molar-refractivity contribution is 9.10. The number of nitrogens with zero attached hydrogens (tertiary/aromatic N) is 2. The van der Waals surface area contributed by atoms with Crippen molar-refractivity contribution in [2.45, 2.75) is 25.8 Å². The van der Waals surface area contributed by atoms with E-state index in [4.69, 9.17) is 10.3 Å². The standard InChI is InChI=1S/C12H13BrFN3O/c1-6(2)12-16-11(17-18-12)10(15)8-5-7(13)3-4-9(8)14/h3-6,10H,15H2,1-2H3. The van der Waals surface area contributed by atoms with Crippen LogP contribution in [0.25, 0.3) is 0 Å². The predicted octanol–water partition coefficient (Wildman–Crippen LogP) is 3.14. The molecule has 1 heterocycles. The molecule has 0 saturated heterocycles. The Morgan fingerprint density at radius 2 is 2.11 bits per heavy atom. The first-order valence-corrected chi connectivity index (χ1v) is 6.32. The van der Waals surface area contributed by atoms with Crippen LogP contribution in [-0.2, 0) is 0 Å². The first kappa shape index (κ1) is 13.2. The Balaban J connectivity index is 2.34. The van der Waals surface area contributed by atoms with Gasteiger partial charge in [-0.05, 0) is 18.2 Å². The second-order valence-electron chi connectivity index (χ2n) is 4.29. The monoisotopic (exact) mass is 313 g/mol. The minimum atomic E-state index is -0.737. The van der Waals surface area contributed by atoms with Gasteiger partial charge in [-0.25, -0.2) is 4.39 Å². The summed E-state index contributed by atoms with van der Waals surface area (Å²) in [5.41, 5.74) is 6.29. The maximum Gasteiger partial charge on any atom is 0.229 e. The Morgan fingerprint density at radius 3 is 2.72 bits per heavy atom. The summed E-state index contributed by atoms with van der Waals surface area (Å²) in [5.74, 6) is 0.513. The summed E-state index contributed by atoms with van der Waals surface area (Å²) in [7, 11) is 0. The zero-order chi connectivity index (χ0) is 13.3. The van der Waals surface area contributed by atoms with Crippen molar-refractivity contribution in [1.29, 1.82) is 0 Å². The van der Waals surface area contributed by atoms with E-state index >= 15 is 0 Å². The second-order valence-corrected chi connectivity index (χ2v) is 5.20. The van der Waals surface area contributed by atoms with Crippen LogP contribution in [0.2, 0.25) is 0 Å². The Morgan fingerprint density at radius 1 is 1.39 bits per heavy atom. The molecule has 0 aliphatic heterocycles. The fourth-order valence-corrected chi connectivity index (χ4v) is 1.88. The molecule has 1 aromatic heterocycles. The summed E-state index contributed by atoms with van der Waals surface area (Å²) in [4.78, 5) is 4.17. The zero-order valence-electron chi connectivity index (χ0n) is 10.0. The molecule has 0 saturated carbocycles. The average Bonchev–Trinajstić information content (AvgIpc) is 2.81. The lowest BCUT2D eigenvalue weighted by molar-refractivity contribution is 0.359. The smallest absolute Gasteiger partial charge is 0.229 e. The number of hydrogen-bond donors (Lipinski definition) is 1. The SMILES string of the molecule is CC(C)c1nc(C(N)c2cc(Br)ccc2F)no1. The molecule has 0 aliphatic rings. The maximum atomic E-state index is 13.7. The molecule has 0 bridgehead atoms. The molecule has 1 atom stereocenters. The molecule has 1 unspecified atom stereocenters. The van der Waals surface area contributed by atoms with Gasteiger partial charge in [0.05, 0.1) is 6.04 Å². The Hall–Kier alpha value is -1.27. The highest BCUT2D eigenvalue weighted by Gasteiger charge is 2.20. The number of benzene rings is 1. The molecular weight excluding hydrogens is 301 g/mol. The summed E-state index contributed by atoms with van der Waals surface area (Å²) in [6.07, 6.45) is 0. The van der Waals surface area contributed by atoms with Gasteiger partial charge in [-0.15, -0.1) is 0 Å². The van der Waals surface area contributed by atoms with Crippen molar-refractivity contribution in [3.8, 4) is 0 Å². The van der Waals surface area contributed by atoms with E-state index in [9.17, 15) is 4.39 Å². The van der Waals surface area contributed by atoms with Crippen LogP contribution >= 0.6 is 15.9 Å². The van der Waals surface area contributed by atoms with Gasteiger partial charge >= 0.3 is 0 Å². The molecule has 0 spiro atoms. The Bertz CT molecular complexity index is 556. The van der Waals surface area contributed by atoms with Crippen LogP contribution in [0, 0.1) is 5.82 Å². The summed E-state index contributed by atoms with van der Waals surface area (Å²) in [6, 6.07) is 3.84. The van der Waals surface area contributed by atoms with Crippen molar-refractivity contribution in [2.75, 3.05) is 0 Å². The fraction of sp³-hybridized carbons (Fsp3) is 0.333. The number of rotatable bonds is 3. The van der Waals surface area contributed by atoms with Gasteiger partial charge < -0.3 is 10.3 Å². The molecule has 4 nitrogen and oxygen atoms in total. The molecule has 0 aliphatic carbocycles. The lowest BCUT2D eigenvalue weighted by Crippen LogP contribution is -2.15. The van der Waals surface area contributed by atoms with E-state index in [2.05, 4.69) is 26.1 Å². The van der Waals surface area contributed by atoms with E-state index in [1.165, 1.54) is 6.07 Å². The maximum absolute atomic E-state index is 13.7. The van der Waals surface area contributed by atoms with Gasteiger partial charge in [0.2, 0.25) is 5.89 Å². The Kier molecular flexibility index (Phi) is 3.77. The molecule has 0 fully saturated rings. The van der Waals surface area contributed by atoms with E-state index in [1.807, 2.05) is 13.8 Å². The first-order chi connectivity index (χ1) is 8.49. The van der Waals surface area contributed by atoms with E-state index in [-0.39, 0.29) is 17.6 Å². The minimum absolute atomic E-state index is 0.116. The number of hydrogen-bond acceptors (Lipinski definition) is 4. The lowest BCUT2D eigenvalue weighted by atomic mass is 10.1. The highest BCUT2D eigenvalue weighted by atomic mass is 79.9. The van der Waals surface area contributed by atoms with Crippen LogP contribution in [0.1, 0.15) is 43.1 Å². The van der Waals surface area contributed by atoms with Crippen LogP contribution in [-0.4, -0.2) is 10.1 Å². The molecular formula is C12H13BrFN3O. The van der Waals surface area contributed by atoms with E-state index in [0.29, 0.717) is 11.5 Å². The normalized spacial score (nSPS) is 13.0. The molecule has 0 amide bonds. The topological polar surface area (TPSA) is 64.9 Å². The molecule has 1 aromatic carbocycles. The third kappa shape index (κ3) is 2.59. The third-order valence-electron chi connectivity index (χ3n) is 2.52. The van der Waals surface area contributed by atoms with Gasteiger partial charge in [0.1, 0.15) is 5.82 Å². The van der Waals surface area contributed by atoms with Crippen molar-refractivity contribution in [3.63, 3.8) is 0 Å². The second kappa shape index (κ2) is 5.16. The zero-order valence-corrected chi connectivity index (χ0v) is 11.6. The predicted molar refractivity (Wildman–Crippen MR) is 68.5 cm³/mol. The van der Waals surface area contributed by atoms with Gasteiger partial charge in [-0.3, -0.25) is 0 Å². The first-order valence-electron chi connectivity index (χ1n) is 5.53. The van der Waals surface area contributed by atoms with Gasteiger partial charge in [0.15, 0.2) is 5.82 Å². The number of aromatic nitrogens is 2. The quantitative estimate of drug-likeness (QED) is 0.945. The van der Waals surface area contributed by atoms with Crippen LogP contribution < -0.4 is 5.73 Å². The molecule has 96 valence electrons. The van der Waals surface area contributed by atoms with Crippen molar-refractivity contribution < 1.29 is 8.91 Å². The molecule has 2 N–H and O–H groups in total. The van der Waals surface area contributed by atoms with Crippen LogP contribution in [0.5, 0.6) is 0 Å². The summed E-state index contributed by atoms with van der Waals surface area (Å²) in [5, 5.41) is 3.79. The van der Waals surface area contributed by atoms with Crippen LogP contribution in [0.4, 0.5) is 4.39 Å². The van der Waals surface area contributed by atoms with Gasteiger partial charge in [-0.1, -0.05) is 34.9 Å². The average molecular weight is 314 g/mol. The molecule has 2 aromatic rings. The minimum Gasteiger partial charge on any atom is -0.339 e. The van der Waals surface area contributed by atoms with Crippen LogP contribution in [0.3, 0.4) is 0 Å². The lowest BCUT2D eigenvalue weighted by Gasteiger charge is -2.09. The summed E-state index contributed by atoms with van der Waals surface area (Å²) >= 11 is 3.28. The van der Waals surface area contributed by atoms with E-state index in [0.717, 1.165) is 4.47 Å². The number of halogens is 2. The van der Waals surface area contributed by atoms with Gasteiger partial charge in [0, 0.05) is 16.0 Å². The molecule has 6 heteroatoms. The molecule has 2 rings (SSSR count). The highest BCUT2D eigenvalue weighted by Crippen LogP contribution is 2.24. The largest absolute Gasteiger partial charge is 0.339 e. The fourth-order valence-electron chi connectivity index (χ4n) is 1.50. The third-order valence-corrected chi connectivity index (χ3v) is 3.02. The van der Waals surface area contributed by atoms with E-state index in [1.54, 1.807) is 12.1 Å². The van der Waals surface area contributed by atoms with Crippen molar-refractivity contribution >= 4 is 15.9 Å². The summed E-state index contributed by atoms with van der Waals surface area (Å²) in [6.45, 7) is 3.87. The Labute approximate surface area is 113 Å².